The molecule has 0 spiro atoms. The van der Waals surface area contributed by atoms with Gasteiger partial charge in [-0.1, -0.05) is 18.2 Å². The largest absolute Gasteiger partial charge is 0.486 e. The Balaban J connectivity index is 1.52. The van der Waals surface area contributed by atoms with E-state index in [2.05, 4.69) is 4.98 Å². The number of Topliss-reactive ketones (excluding diaryl/α,β-unsaturated/α-hetero) is 1. The summed E-state index contributed by atoms with van der Waals surface area (Å²) in [5.74, 6) is -0.0245. The van der Waals surface area contributed by atoms with E-state index in [9.17, 15) is 17.6 Å². The van der Waals surface area contributed by atoms with Crippen LogP contribution < -0.4 is 9.04 Å². The van der Waals surface area contributed by atoms with E-state index in [0.29, 0.717) is 11.4 Å². The molecule has 1 aliphatic heterocycles. The van der Waals surface area contributed by atoms with Crippen molar-refractivity contribution in [2.75, 3.05) is 10.8 Å². The number of ether oxygens (including phenoxy) is 1. The molecule has 0 amide bonds. The number of pyridine rings is 1. The highest BCUT2D eigenvalue weighted by molar-refractivity contribution is 7.92. The highest BCUT2D eigenvalue weighted by atomic mass is 32.2. The van der Waals surface area contributed by atoms with Crippen molar-refractivity contribution in [1.29, 1.82) is 0 Å². The Bertz CT molecular complexity index is 1400. The molecular weight excluding hydrogens is 467 g/mol. The Hall–Kier alpha value is -3.26. The molecule has 1 atom stereocenters. The zero-order valence-corrected chi connectivity index (χ0v) is 20.5. The standard InChI is InChI=1S/C27H27FN2O4S/c1-18-5-3-7-22(15-18)35(32,33)30-17-21(10-12-26(31)27(28)13-14-27)34-25-11-9-20(16-24(25)30)23-8-4-6-19(2)29-23/h3-9,11,15-16,21H,10,12-14,17H2,1-2H3/t21-/m0/s1. The number of benzene rings is 2. The first-order chi connectivity index (χ1) is 16.7. The predicted octanol–water partition coefficient (Wildman–Crippen LogP) is 5.17. The lowest BCUT2D eigenvalue weighted by Crippen LogP contribution is -2.44. The van der Waals surface area contributed by atoms with Gasteiger partial charge >= 0.3 is 0 Å². The number of carbonyl (C=O) groups excluding carboxylic acids is 1. The molecule has 8 heteroatoms. The van der Waals surface area contributed by atoms with Crippen molar-refractivity contribution in [1.82, 2.24) is 4.98 Å². The number of anilines is 1. The van der Waals surface area contributed by atoms with Gasteiger partial charge in [-0.2, -0.15) is 0 Å². The van der Waals surface area contributed by atoms with Crippen molar-refractivity contribution in [3.63, 3.8) is 0 Å². The Morgan fingerprint density at radius 1 is 1.11 bits per heavy atom. The summed E-state index contributed by atoms with van der Waals surface area (Å²) in [4.78, 5) is 17.0. The number of hydrogen-bond acceptors (Lipinski definition) is 5. The van der Waals surface area contributed by atoms with Crippen molar-refractivity contribution in [3.8, 4) is 17.0 Å². The quantitative estimate of drug-likeness (QED) is 0.453. The lowest BCUT2D eigenvalue weighted by molar-refractivity contribution is -0.125. The van der Waals surface area contributed by atoms with Crippen LogP contribution >= 0.6 is 0 Å². The van der Waals surface area contributed by atoms with Gasteiger partial charge in [0.05, 0.1) is 22.8 Å². The molecule has 0 saturated heterocycles. The van der Waals surface area contributed by atoms with Gasteiger partial charge < -0.3 is 4.74 Å². The zero-order chi connectivity index (χ0) is 24.8. The lowest BCUT2D eigenvalue weighted by atomic mass is 10.0. The molecule has 3 aromatic rings. The van der Waals surface area contributed by atoms with Crippen LogP contribution in [0.1, 0.15) is 36.9 Å². The minimum atomic E-state index is -3.92. The van der Waals surface area contributed by atoms with Gasteiger partial charge in [0.2, 0.25) is 0 Å². The first-order valence-corrected chi connectivity index (χ1v) is 13.2. The maximum atomic E-state index is 14.1. The van der Waals surface area contributed by atoms with E-state index >= 15 is 0 Å². The summed E-state index contributed by atoms with van der Waals surface area (Å²) in [6.07, 6.45) is 0.218. The van der Waals surface area contributed by atoms with E-state index in [1.54, 1.807) is 30.3 Å². The van der Waals surface area contributed by atoms with Gasteiger partial charge in [-0.25, -0.2) is 12.8 Å². The Morgan fingerprint density at radius 2 is 1.89 bits per heavy atom. The summed E-state index contributed by atoms with van der Waals surface area (Å²) < 4.78 is 49.2. The van der Waals surface area contributed by atoms with Crippen LogP contribution in [-0.2, 0) is 14.8 Å². The van der Waals surface area contributed by atoms with Gasteiger partial charge in [-0.3, -0.25) is 14.1 Å². The van der Waals surface area contributed by atoms with Crippen molar-refractivity contribution < 1.29 is 22.3 Å². The molecule has 0 bridgehead atoms. The predicted molar refractivity (Wildman–Crippen MR) is 132 cm³/mol. The number of fused-ring (bicyclic) bond motifs is 1. The number of rotatable bonds is 7. The summed E-state index contributed by atoms with van der Waals surface area (Å²) in [7, 11) is -3.92. The molecule has 5 rings (SSSR count). The summed E-state index contributed by atoms with van der Waals surface area (Å²) in [6.45, 7) is 3.77. The minimum absolute atomic E-state index is 0.0140. The molecule has 35 heavy (non-hydrogen) atoms. The molecule has 2 heterocycles. The van der Waals surface area contributed by atoms with Gasteiger partial charge in [-0.15, -0.1) is 0 Å². The third kappa shape index (κ3) is 4.67. The van der Waals surface area contributed by atoms with Gasteiger partial charge in [0.15, 0.2) is 11.5 Å². The summed E-state index contributed by atoms with van der Waals surface area (Å²) in [5.41, 5.74) is 1.89. The number of hydrogen-bond donors (Lipinski definition) is 0. The van der Waals surface area contributed by atoms with Crippen LogP contribution in [0.3, 0.4) is 0 Å². The second-order valence-electron chi connectivity index (χ2n) is 9.37. The minimum Gasteiger partial charge on any atom is -0.486 e. The monoisotopic (exact) mass is 494 g/mol. The summed E-state index contributed by atoms with van der Waals surface area (Å²) >= 11 is 0. The van der Waals surface area contributed by atoms with E-state index in [0.717, 1.165) is 22.5 Å². The van der Waals surface area contributed by atoms with Gasteiger partial charge in [0, 0.05) is 17.7 Å². The van der Waals surface area contributed by atoms with Crippen molar-refractivity contribution in [2.24, 2.45) is 0 Å². The van der Waals surface area contributed by atoms with Crippen LogP contribution in [0.2, 0.25) is 0 Å². The SMILES string of the molecule is Cc1cccc(S(=O)(=O)N2C[C@H](CCC(=O)C3(F)CC3)Oc3ccc(-c4cccc(C)n4)cc32)c1. The van der Waals surface area contributed by atoms with Crippen LogP contribution in [0.15, 0.2) is 65.6 Å². The molecule has 2 aliphatic rings. The zero-order valence-electron chi connectivity index (χ0n) is 19.7. The molecule has 182 valence electrons. The van der Waals surface area contributed by atoms with Crippen LogP contribution in [0.25, 0.3) is 11.3 Å². The number of aryl methyl sites for hydroxylation is 2. The van der Waals surface area contributed by atoms with E-state index in [4.69, 9.17) is 4.74 Å². The average Bonchev–Trinajstić information content (AvgIpc) is 3.60. The van der Waals surface area contributed by atoms with Gasteiger partial charge in [0.25, 0.3) is 10.0 Å². The number of alkyl halides is 1. The molecule has 1 saturated carbocycles. The van der Waals surface area contributed by atoms with E-state index in [1.807, 2.05) is 44.2 Å². The fourth-order valence-electron chi connectivity index (χ4n) is 4.36. The third-order valence-corrected chi connectivity index (χ3v) is 8.31. The first-order valence-electron chi connectivity index (χ1n) is 11.7. The Morgan fingerprint density at radius 3 is 2.60 bits per heavy atom. The van der Waals surface area contributed by atoms with Crippen LogP contribution in [-0.4, -0.2) is 37.5 Å². The van der Waals surface area contributed by atoms with Gasteiger partial charge in [0.1, 0.15) is 11.9 Å². The molecular formula is C27H27FN2O4S. The van der Waals surface area contributed by atoms with Crippen molar-refractivity contribution in [2.45, 2.75) is 56.2 Å². The molecule has 1 aromatic heterocycles. The summed E-state index contributed by atoms with van der Waals surface area (Å²) in [5, 5.41) is 0. The highest BCUT2D eigenvalue weighted by Gasteiger charge is 2.50. The van der Waals surface area contributed by atoms with E-state index in [1.165, 1.54) is 4.31 Å². The topological polar surface area (TPSA) is 76.6 Å². The molecule has 0 radical (unpaired) electrons. The molecule has 0 N–H and O–H groups in total. The lowest BCUT2D eigenvalue weighted by Gasteiger charge is -2.36. The number of aromatic nitrogens is 1. The number of carbonyl (C=O) groups is 1. The van der Waals surface area contributed by atoms with Crippen molar-refractivity contribution >= 4 is 21.5 Å². The summed E-state index contributed by atoms with van der Waals surface area (Å²) in [6, 6.07) is 17.8. The molecule has 6 nitrogen and oxygen atoms in total. The molecule has 0 unspecified atom stereocenters. The normalized spacial score (nSPS) is 18.5. The number of nitrogens with zero attached hydrogens (tertiary/aromatic N) is 2. The van der Waals surface area contributed by atoms with Crippen LogP contribution in [0.4, 0.5) is 10.1 Å². The second-order valence-corrected chi connectivity index (χ2v) is 11.2. The molecule has 1 fully saturated rings. The number of halogens is 1. The molecule has 1 aliphatic carbocycles. The Labute approximate surface area is 204 Å². The number of sulfonamides is 1. The third-order valence-electron chi connectivity index (χ3n) is 6.53. The first kappa shape index (κ1) is 23.5. The van der Waals surface area contributed by atoms with Crippen molar-refractivity contribution in [3.05, 3.63) is 71.9 Å². The van der Waals surface area contributed by atoms with Crippen LogP contribution in [0, 0.1) is 13.8 Å². The average molecular weight is 495 g/mol. The smallest absolute Gasteiger partial charge is 0.264 e. The van der Waals surface area contributed by atoms with Crippen LogP contribution in [0.5, 0.6) is 5.75 Å². The maximum Gasteiger partial charge on any atom is 0.264 e. The van der Waals surface area contributed by atoms with E-state index in [-0.39, 0.29) is 37.1 Å². The number of ketones is 1. The fraction of sp³-hybridized carbons (Fsp3) is 0.333. The highest BCUT2D eigenvalue weighted by Crippen LogP contribution is 2.43. The second kappa shape index (κ2) is 8.75. The fourth-order valence-corrected chi connectivity index (χ4v) is 5.96. The van der Waals surface area contributed by atoms with E-state index < -0.39 is 27.6 Å². The maximum absolute atomic E-state index is 14.1. The molecule has 2 aromatic carbocycles. The Kier molecular flexibility index (Phi) is 5.87. The van der Waals surface area contributed by atoms with Gasteiger partial charge in [-0.05, 0) is 81.1 Å².